The van der Waals surface area contributed by atoms with Gasteiger partial charge >= 0.3 is 0 Å². The van der Waals surface area contributed by atoms with Gasteiger partial charge in [-0.05, 0) is 36.4 Å². The van der Waals surface area contributed by atoms with E-state index >= 15 is 0 Å². The average molecular weight is 396 g/mol. The van der Waals surface area contributed by atoms with Gasteiger partial charge < -0.3 is 5.32 Å². The third-order valence-corrected chi connectivity index (χ3v) is 4.57. The molecule has 2 N–H and O–H groups in total. The molecule has 2 aromatic heterocycles. The van der Waals surface area contributed by atoms with Gasteiger partial charge in [0.15, 0.2) is 0 Å². The molecule has 0 saturated carbocycles. The number of anilines is 1. The minimum atomic E-state index is -0.467. The van der Waals surface area contributed by atoms with E-state index in [1.165, 1.54) is 18.3 Å². The highest BCUT2D eigenvalue weighted by atomic mass is 35.5. The first-order valence-corrected chi connectivity index (χ1v) is 8.86. The molecule has 0 amide bonds. The monoisotopic (exact) mass is 395 g/mol. The van der Waals surface area contributed by atoms with Crippen molar-refractivity contribution >= 4 is 17.3 Å². The van der Waals surface area contributed by atoms with E-state index in [9.17, 15) is 9.18 Å². The zero-order chi connectivity index (χ0) is 19.5. The number of hydrogen-bond donors (Lipinski definition) is 2. The average Bonchev–Trinajstić information content (AvgIpc) is 3.15. The Hall–Kier alpha value is -3.45. The lowest BCUT2D eigenvalue weighted by atomic mass is 10.1. The maximum absolute atomic E-state index is 13.3. The van der Waals surface area contributed by atoms with Crippen molar-refractivity contribution < 1.29 is 4.39 Å². The second-order valence-corrected chi connectivity index (χ2v) is 6.45. The van der Waals surface area contributed by atoms with Gasteiger partial charge in [0.05, 0.1) is 23.3 Å². The quantitative estimate of drug-likeness (QED) is 0.535. The molecule has 0 saturated heterocycles. The fourth-order valence-corrected chi connectivity index (χ4v) is 2.96. The first-order valence-electron chi connectivity index (χ1n) is 8.49. The smallest absolute Gasteiger partial charge is 0.285 e. The highest BCUT2D eigenvalue weighted by molar-refractivity contribution is 6.32. The van der Waals surface area contributed by atoms with Gasteiger partial charge in [-0.25, -0.2) is 14.2 Å². The van der Waals surface area contributed by atoms with Gasteiger partial charge in [-0.3, -0.25) is 4.79 Å². The SMILES string of the molecule is O=c1[nH]ncc(NCc2cn(-c3ccccc3)nc2-c2ccc(F)cc2)c1Cl. The minimum Gasteiger partial charge on any atom is -0.378 e. The molecule has 8 heteroatoms. The fraction of sp³-hybridized carbons (Fsp3) is 0.0500. The molecule has 4 rings (SSSR count). The summed E-state index contributed by atoms with van der Waals surface area (Å²) in [6.45, 7) is 0.352. The summed E-state index contributed by atoms with van der Waals surface area (Å²) >= 11 is 6.03. The largest absolute Gasteiger partial charge is 0.378 e. The number of para-hydroxylation sites is 1. The summed E-state index contributed by atoms with van der Waals surface area (Å²) in [6, 6.07) is 15.8. The Balaban J connectivity index is 1.72. The van der Waals surface area contributed by atoms with Crippen molar-refractivity contribution in [1.82, 2.24) is 20.0 Å². The number of nitrogens with zero attached hydrogens (tertiary/aromatic N) is 3. The minimum absolute atomic E-state index is 0.0359. The fourth-order valence-electron chi connectivity index (χ4n) is 2.80. The summed E-state index contributed by atoms with van der Waals surface area (Å²) < 4.78 is 15.1. The van der Waals surface area contributed by atoms with Crippen LogP contribution in [-0.4, -0.2) is 20.0 Å². The van der Waals surface area contributed by atoms with Gasteiger partial charge in [-0.15, -0.1) is 0 Å². The van der Waals surface area contributed by atoms with Crippen LogP contribution in [0.25, 0.3) is 16.9 Å². The lowest BCUT2D eigenvalue weighted by Gasteiger charge is -2.07. The Morgan fingerprint density at radius 2 is 1.86 bits per heavy atom. The molecule has 4 aromatic rings. The topological polar surface area (TPSA) is 75.6 Å². The van der Waals surface area contributed by atoms with Crippen LogP contribution in [0.1, 0.15) is 5.56 Å². The number of nitrogens with one attached hydrogen (secondary N) is 2. The van der Waals surface area contributed by atoms with Crippen molar-refractivity contribution in [3.8, 4) is 16.9 Å². The van der Waals surface area contributed by atoms with Crippen molar-refractivity contribution in [2.75, 3.05) is 5.32 Å². The number of rotatable bonds is 5. The van der Waals surface area contributed by atoms with Gasteiger partial charge in [-0.2, -0.15) is 10.2 Å². The molecule has 140 valence electrons. The van der Waals surface area contributed by atoms with Crippen LogP contribution in [0.4, 0.5) is 10.1 Å². The van der Waals surface area contributed by atoms with Gasteiger partial charge in [0.2, 0.25) is 0 Å². The summed E-state index contributed by atoms with van der Waals surface area (Å²) in [6.07, 6.45) is 3.33. The summed E-state index contributed by atoms with van der Waals surface area (Å²) in [7, 11) is 0. The first-order chi connectivity index (χ1) is 13.6. The highest BCUT2D eigenvalue weighted by Gasteiger charge is 2.14. The molecular weight excluding hydrogens is 381 g/mol. The van der Waals surface area contributed by atoms with Gasteiger partial charge in [-0.1, -0.05) is 29.8 Å². The van der Waals surface area contributed by atoms with Crippen molar-refractivity contribution in [3.63, 3.8) is 0 Å². The maximum Gasteiger partial charge on any atom is 0.285 e. The van der Waals surface area contributed by atoms with Crippen LogP contribution in [0, 0.1) is 5.82 Å². The molecule has 0 aliphatic rings. The Labute approximate surface area is 164 Å². The summed E-state index contributed by atoms with van der Waals surface area (Å²) in [5, 5.41) is 13.9. The molecule has 0 spiro atoms. The molecule has 0 unspecified atom stereocenters. The normalized spacial score (nSPS) is 10.8. The van der Waals surface area contributed by atoms with Crippen LogP contribution in [0.2, 0.25) is 5.02 Å². The molecular formula is C20H15ClFN5O. The number of aromatic nitrogens is 4. The number of H-pyrrole nitrogens is 1. The molecule has 6 nitrogen and oxygen atoms in total. The van der Waals surface area contributed by atoms with Crippen LogP contribution in [0.15, 0.2) is 71.8 Å². The molecule has 2 heterocycles. The molecule has 0 radical (unpaired) electrons. The second kappa shape index (κ2) is 7.66. The first kappa shape index (κ1) is 17.9. The summed E-state index contributed by atoms with van der Waals surface area (Å²) in [4.78, 5) is 11.6. The third-order valence-electron chi connectivity index (χ3n) is 4.19. The standard InChI is InChI=1S/C20H15ClFN5O/c21-18-17(11-24-25-20(18)28)23-10-14-12-27(16-4-2-1-3-5-16)26-19(14)13-6-8-15(22)9-7-13/h1-9,11-12H,10H2,(H2,23,25,28). The molecule has 0 aliphatic heterocycles. The molecule has 2 aromatic carbocycles. The highest BCUT2D eigenvalue weighted by Crippen LogP contribution is 2.25. The number of halogens is 2. The molecule has 28 heavy (non-hydrogen) atoms. The van der Waals surface area contributed by atoms with Gasteiger partial charge in [0, 0.05) is 23.9 Å². The van der Waals surface area contributed by atoms with Crippen LogP contribution in [0.5, 0.6) is 0 Å². The lowest BCUT2D eigenvalue weighted by Crippen LogP contribution is -2.11. The summed E-state index contributed by atoms with van der Waals surface area (Å²) in [5.74, 6) is -0.313. The maximum atomic E-state index is 13.3. The Morgan fingerprint density at radius 3 is 2.61 bits per heavy atom. The second-order valence-electron chi connectivity index (χ2n) is 6.07. The molecule has 0 bridgehead atoms. The van der Waals surface area contributed by atoms with Crippen molar-refractivity contribution in [3.05, 3.63) is 93.7 Å². The van der Waals surface area contributed by atoms with E-state index in [-0.39, 0.29) is 10.8 Å². The van der Waals surface area contributed by atoms with Gasteiger partial charge in [0.1, 0.15) is 10.8 Å². The Bertz CT molecular complexity index is 1160. The zero-order valence-electron chi connectivity index (χ0n) is 14.6. The van der Waals surface area contributed by atoms with Crippen molar-refractivity contribution in [2.24, 2.45) is 0 Å². The number of benzene rings is 2. The van der Waals surface area contributed by atoms with E-state index in [1.807, 2.05) is 36.5 Å². The van der Waals surface area contributed by atoms with E-state index in [2.05, 4.69) is 20.6 Å². The number of hydrogen-bond acceptors (Lipinski definition) is 4. The van der Waals surface area contributed by atoms with E-state index in [0.29, 0.717) is 17.9 Å². The van der Waals surface area contributed by atoms with Crippen LogP contribution >= 0.6 is 11.6 Å². The zero-order valence-corrected chi connectivity index (χ0v) is 15.3. The Morgan fingerprint density at radius 1 is 1.11 bits per heavy atom. The number of aromatic amines is 1. The van der Waals surface area contributed by atoms with Crippen LogP contribution in [-0.2, 0) is 6.54 Å². The van der Waals surface area contributed by atoms with Crippen LogP contribution in [0.3, 0.4) is 0 Å². The van der Waals surface area contributed by atoms with Crippen LogP contribution < -0.4 is 10.9 Å². The van der Waals surface area contributed by atoms with E-state index in [4.69, 9.17) is 11.6 Å². The lowest BCUT2D eigenvalue weighted by molar-refractivity contribution is 0.628. The van der Waals surface area contributed by atoms with Gasteiger partial charge in [0.25, 0.3) is 5.56 Å². The van der Waals surface area contributed by atoms with E-state index in [1.54, 1.807) is 16.8 Å². The Kier molecular flexibility index (Phi) is 4.90. The van der Waals surface area contributed by atoms with Crippen molar-refractivity contribution in [1.29, 1.82) is 0 Å². The third kappa shape index (κ3) is 3.65. The predicted molar refractivity (Wildman–Crippen MR) is 106 cm³/mol. The molecule has 0 atom stereocenters. The molecule has 0 aliphatic carbocycles. The summed E-state index contributed by atoms with van der Waals surface area (Å²) in [5.41, 5.74) is 3.18. The van der Waals surface area contributed by atoms with E-state index in [0.717, 1.165) is 16.8 Å². The van der Waals surface area contributed by atoms with E-state index < -0.39 is 5.56 Å². The predicted octanol–water partition coefficient (Wildman–Crippen LogP) is 4.03. The molecule has 0 fully saturated rings. The van der Waals surface area contributed by atoms with Crippen molar-refractivity contribution in [2.45, 2.75) is 6.54 Å².